The van der Waals surface area contributed by atoms with Gasteiger partial charge in [-0.1, -0.05) is 34.6 Å². The molecule has 15 heteroatoms. The second kappa shape index (κ2) is 12.7. The zero-order valence-electron chi connectivity index (χ0n) is 21.7. The fraction of sp³-hybridized carbons (Fsp3) is 0.727. The van der Waals surface area contributed by atoms with E-state index in [4.69, 9.17) is 0 Å². The molecule has 1 heterocycles. The largest absolute Gasteiger partial charge is 0.471 e. The van der Waals surface area contributed by atoms with E-state index in [1.165, 1.54) is 32.7 Å². The smallest absolute Gasteiger partial charge is 0.353 e. The van der Waals surface area contributed by atoms with Crippen LogP contribution in [0.15, 0.2) is 0 Å². The predicted molar refractivity (Wildman–Crippen MR) is 125 cm³/mol. The van der Waals surface area contributed by atoms with Gasteiger partial charge in [-0.3, -0.25) is 24.0 Å². The number of nitrogens with one attached hydrogen (secondary N) is 5. The molecule has 3 atom stereocenters. The SMILES string of the molecule is CNC(=O)C(=O)[C@H](CN1CCNC1=O)NC(=O)[C@H](CC(C)C)NC(=O)[C@@H](NC(=O)C(F)(F)F)C(C)(C)C. The van der Waals surface area contributed by atoms with Gasteiger partial charge in [-0.05, 0) is 17.8 Å². The van der Waals surface area contributed by atoms with Gasteiger partial charge in [-0.15, -0.1) is 0 Å². The minimum absolute atomic E-state index is 0.0206. The highest BCUT2D eigenvalue weighted by Crippen LogP contribution is 2.23. The van der Waals surface area contributed by atoms with Gasteiger partial charge in [0.05, 0.1) is 6.54 Å². The van der Waals surface area contributed by atoms with Crippen LogP contribution in [-0.2, 0) is 24.0 Å². The molecule has 0 radical (unpaired) electrons. The average Bonchev–Trinajstić information content (AvgIpc) is 3.17. The lowest BCUT2D eigenvalue weighted by atomic mass is 9.85. The molecule has 1 fully saturated rings. The van der Waals surface area contributed by atoms with Crippen LogP contribution in [0.3, 0.4) is 0 Å². The Morgan fingerprint density at radius 3 is 1.97 bits per heavy atom. The van der Waals surface area contributed by atoms with Crippen LogP contribution in [-0.4, -0.2) is 91.3 Å². The van der Waals surface area contributed by atoms with Crippen molar-refractivity contribution in [3.63, 3.8) is 0 Å². The first-order valence-corrected chi connectivity index (χ1v) is 11.7. The van der Waals surface area contributed by atoms with Crippen molar-refractivity contribution in [2.45, 2.75) is 65.3 Å². The molecule has 12 nitrogen and oxygen atoms in total. The second-order valence-electron chi connectivity index (χ2n) is 10.1. The van der Waals surface area contributed by atoms with E-state index >= 15 is 0 Å². The van der Waals surface area contributed by atoms with Gasteiger partial charge in [0.15, 0.2) is 0 Å². The van der Waals surface area contributed by atoms with Gasteiger partial charge >= 0.3 is 18.1 Å². The minimum Gasteiger partial charge on any atom is -0.353 e. The van der Waals surface area contributed by atoms with Crippen LogP contribution in [0.4, 0.5) is 18.0 Å². The Morgan fingerprint density at radius 2 is 1.54 bits per heavy atom. The minimum atomic E-state index is -5.23. The summed E-state index contributed by atoms with van der Waals surface area (Å²) in [5.74, 6) is -6.48. The molecule has 0 aromatic heterocycles. The maximum absolute atomic E-state index is 13.2. The van der Waals surface area contributed by atoms with Crippen LogP contribution in [0.25, 0.3) is 0 Å². The second-order valence-corrected chi connectivity index (χ2v) is 10.1. The fourth-order valence-corrected chi connectivity index (χ4v) is 3.50. The van der Waals surface area contributed by atoms with Crippen molar-refractivity contribution in [1.82, 2.24) is 31.5 Å². The van der Waals surface area contributed by atoms with E-state index in [1.54, 1.807) is 19.2 Å². The number of ketones is 1. The Bertz CT molecular complexity index is 902. The normalized spacial score (nSPS) is 16.4. The third-order valence-corrected chi connectivity index (χ3v) is 5.43. The van der Waals surface area contributed by atoms with Crippen molar-refractivity contribution in [3.8, 4) is 0 Å². The number of carbonyl (C=O) groups excluding carboxylic acids is 6. The van der Waals surface area contributed by atoms with Crippen molar-refractivity contribution in [3.05, 3.63) is 0 Å². The molecule has 210 valence electrons. The number of hydrogen-bond donors (Lipinski definition) is 5. The molecule has 0 bridgehead atoms. The van der Waals surface area contributed by atoms with Crippen molar-refractivity contribution >= 4 is 35.4 Å². The molecule has 0 aromatic rings. The highest BCUT2D eigenvalue weighted by atomic mass is 19.4. The Balaban J connectivity index is 3.17. The van der Waals surface area contributed by atoms with Crippen molar-refractivity contribution in [2.24, 2.45) is 11.3 Å². The van der Waals surface area contributed by atoms with Crippen LogP contribution in [0.5, 0.6) is 0 Å². The zero-order chi connectivity index (χ0) is 28.7. The average molecular weight is 537 g/mol. The molecular formula is C22H35F3N6O6. The molecule has 5 N–H and O–H groups in total. The van der Waals surface area contributed by atoms with Gasteiger partial charge in [0.25, 0.3) is 5.91 Å². The number of amides is 6. The van der Waals surface area contributed by atoms with Crippen molar-refractivity contribution in [2.75, 3.05) is 26.7 Å². The number of rotatable bonds is 11. The molecule has 0 aromatic carbocycles. The lowest BCUT2D eigenvalue weighted by Crippen LogP contribution is -2.61. The Morgan fingerprint density at radius 1 is 0.973 bits per heavy atom. The summed E-state index contributed by atoms with van der Waals surface area (Å²) in [6.45, 7) is 7.96. The summed E-state index contributed by atoms with van der Waals surface area (Å²) >= 11 is 0. The summed E-state index contributed by atoms with van der Waals surface area (Å²) < 4.78 is 38.5. The quantitative estimate of drug-likeness (QED) is 0.222. The molecule has 0 saturated carbocycles. The summed E-state index contributed by atoms with van der Waals surface area (Å²) in [5.41, 5.74) is -1.16. The highest BCUT2D eigenvalue weighted by molar-refractivity contribution is 6.38. The van der Waals surface area contributed by atoms with Gasteiger partial charge in [-0.2, -0.15) is 13.2 Å². The maximum atomic E-state index is 13.2. The number of nitrogens with zero attached hydrogens (tertiary/aromatic N) is 1. The topological polar surface area (TPSA) is 166 Å². The molecule has 6 amide bonds. The van der Waals surface area contributed by atoms with Crippen LogP contribution >= 0.6 is 0 Å². The van der Waals surface area contributed by atoms with Gasteiger partial charge < -0.3 is 31.5 Å². The van der Waals surface area contributed by atoms with Gasteiger partial charge in [-0.25, -0.2) is 4.79 Å². The Hall–Kier alpha value is -3.39. The molecule has 1 saturated heterocycles. The Kier molecular flexibility index (Phi) is 10.9. The van der Waals surface area contributed by atoms with Crippen LogP contribution < -0.4 is 26.6 Å². The first-order valence-electron chi connectivity index (χ1n) is 11.7. The van der Waals surface area contributed by atoms with Crippen LogP contribution in [0, 0.1) is 11.3 Å². The van der Waals surface area contributed by atoms with Crippen LogP contribution in [0.2, 0.25) is 0 Å². The van der Waals surface area contributed by atoms with E-state index in [-0.39, 0.29) is 25.4 Å². The predicted octanol–water partition coefficient (Wildman–Crippen LogP) is -0.564. The molecule has 1 aliphatic heterocycles. The van der Waals surface area contributed by atoms with Gasteiger partial charge in [0.2, 0.25) is 17.6 Å². The monoisotopic (exact) mass is 536 g/mol. The molecular weight excluding hydrogens is 501 g/mol. The number of carbonyl (C=O) groups is 6. The van der Waals surface area contributed by atoms with E-state index in [1.807, 2.05) is 0 Å². The molecule has 0 unspecified atom stereocenters. The van der Waals surface area contributed by atoms with E-state index in [0.717, 1.165) is 0 Å². The van der Waals surface area contributed by atoms with Crippen molar-refractivity contribution in [1.29, 1.82) is 0 Å². The summed E-state index contributed by atoms with van der Waals surface area (Å²) in [6.07, 6.45) is -5.21. The third-order valence-electron chi connectivity index (χ3n) is 5.43. The number of likely N-dealkylation sites (N-methyl/N-ethyl adjacent to an activating group) is 1. The summed E-state index contributed by atoms with van der Waals surface area (Å²) in [5, 5.41) is 11.1. The van der Waals surface area contributed by atoms with E-state index in [0.29, 0.717) is 6.54 Å². The van der Waals surface area contributed by atoms with Gasteiger partial charge in [0, 0.05) is 20.1 Å². The molecule has 0 aliphatic carbocycles. The number of halogens is 3. The summed E-state index contributed by atoms with van der Waals surface area (Å²) in [6, 6.07) is -4.93. The Labute approximate surface area is 212 Å². The molecule has 0 spiro atoms. The lowest BCUT2D eigenvalue weighted by molar-refractivity contribution is -0.175. The highest BCUT2D eigenvalue weighted by Gasteiger charge is 2.44. The number of alkyl halides is 3. The maximum Gasteiger partial charge on any atom is 0.471 e. The zero-order valence-corrected chi connectivity index (χ0v) is 21.7. The summed E-state index contributed by atoms with van der Waals surface area (Å²) in [7, 11) is 1.21. The first kappa shape index (κ1) is 31.6. The first-order chi connectivity index (χ1) is 16.9. The standard InChI is InChI=1S/C22H35F3N6O6/c1-11(2)9-12(28-18(35)15(21(3,4)5)30-19(36)22(23,24)25)16(33)29-13(14(32)17(34)26-6)10-31-8-7-27-20(31)37/h11-13,15H,7-10H2,1-6H3,(H,26,34)(H,27,37)(H,28,35)(H,29,33)(H,30,36)/t12-,13-,15+/m0/s1. The van der Waals surface area contributed by atoms with E-state index in [9.17, 15) is 41.9 Å². The number of urea groups is 1. The van der Waals surface area contributed by atoms with Crippen molar-refractivity contribution < 1.29 is 41.9 Å². The lowest BCUT2D eigenvalue weighted by Gasteiger charge is -2.32. The number of hydrogen-bond acceptors (Lipinski definition) is 6. The molecule has 1 rings (SSSR count). The third kappa shape index (κ3) is 9.53. The van der Waals surface area contributed by atoms with E-state index in [2.05, 4.69) is 21.3 Å². The summed E-state index contributed by atoms with van der Waals surface area (Å²) in [4.78, 5) is 75.4. The van der Waals surface area contributed by atoms with Gasteiger partial charge in [0.1, 0.15) is 18.1 Å². The molecule has 1 aliphatic rings. The molecule has 37 heavy (non-hydrogen) atoms. The van der Waals surface area contributed by atoms with Crippen LogP contribution in [0.1, 0.15) is 41.0 Å². The van der Waals surface area contributed by atoms with E-state index < -0.39 is 65.2 Å². The fourth-order valence-electron chi connectivity index (χ4n) is 3.50. The number of Topliss-reactive ketones (excluding diaryl/α,β-unsaturated/α-hetero) is 1.